The van der Waals surface area contributed by atoms with E-state index in [-0.39, 0.29) is 12.0 Å². The van der Waals surface area contributed by atoms with E-state index in [0.29, 0.717) is 18.9 Å². The Morgan fingerprint density at radius 3 is 2.62 bits per heavy atom. The van der Waals surface area contributed by atoms with Gasteiger partial charge in [-0.25, -0.2) is 5.84 Å². The molecule has 0 bridgehead atoms. The molecule has 1 rings (SSSR count). The summed E-state index contributed by atoms with van der Waals surface area (Å²) >= 11 is 0. The second-order valence-corrected chi connectivity index (χ2v) is 3.06. The highest BCUT2D eigenvalue weighted by atomic mass is 16.5. The second-order valence-electron chi connectivity index (χ2n) is 3.06. The van der Waals surface area contributed by atoms with Gasteiger partial charge in [-0.2, -0.15) is 15.0 Å². The highest BCUT2D eigenvalue weighted by molar-refractivity contribution is 5.34. The summed E-state index contributed by atoms with van der Waals surface area (Å²) < 4.78 is 4.87. The van der Waals surface area contributed by atoms with Gasteiger partial charge < -0.3 is 15.2 Å². The summed E-state index contributed by atoms with van der Waals surface area (Å²) in [6.07, 6.45) is 0.203. The number of hydrazine groups is 1. The molecule has 1 atom stereocenters. The lowest BCUT2D eigenvalue weighted by atomic mass is 10.3. The van der Waals surface area contributed by atoms with Gasteiger partial charge in [0, 0.05) is 6.54 Å². The molecule has 0 saturated heterocycles. The third-order valence-corrected chi connectivity index (χ3v) is 1.89. The van der Waals surface area contributed by atoms with Gasteiger partial charge in [-0.3, -0.25) is 5.43 Å². The van der Waals surface area contributed by atoms with Crippen molar-refractivity contribution >= 4 is 11.9 Å². The molecule has 1 aromatic heterocycles. The normalized spacial score (nSPS) is 12.0. The largest absolute Gasteiger partial charge is 0.467 e. The molecular formula is C8H16N6O2. The summed E-state index contributed by atoms with van der Waals surface area (Å²) in [5.74, 6) is 5.68. The van der Waals surface area contributed by atoms with E-state index in [1.807, 2.05) is 6.92 Å². The molecule has 1 unspecified atom stereocenters. The lowest BCUT2D eigenvalue weighted by Crippen LogP contribution is -2.20. The van der Waals surface area contributed by atoms with Gasteiger partial charge in [0.05, 0.1) is 13.2 Å². The van der Waals surface area contributed by atoms with E-state index in [9.17, 15) is 5.11 Å². The molecule has 0 aliphatic rings. The fourth-order valence-corrected chi connectivity index (χ4v) is 0.945. The molecule has 8 nitrogen and oxygen atoms in total. The number of anilines is 2. The number of nitrogen functional groups attached to an aromatic ring is 1. The van der Waals surface area contributed by atoms with E-state index < -0.39 is 6.10 Å². The zero-order chi connectivity index (χ0) is 12.0. The molecule has 90 valence electrons. The first-order valence-corrected chi connectivity index (χ1v) is 4.88. The maximum atomic E-state index is 9.37. The smallest absolute Gasteiger partial charge is 0.322 e. The van der Waals surface area contributed by atoms with E-state index in [1.54, 1.807) is 0 Å². The van der Waals surface area contributed by atoms with E-state index >= 15 is 0 Å². The lowest BCUT2D eigenvalue weighted by molar-refractivity contribution is 0.183. The van der Waals surface area contributed by atoms with Crippen LogP contribution in [-0.2, 0) is 0 Å². The van der Waals surface area contributed by atoms with Crippen molar-refractivity contribution in [3.63, 3.8) is 0 Å². The Balaban J connectivity index is 2.71. The molecule has 1 aromatic rings. The Morgan fingerprint density at radius 2 is 2.06 bits per heavy atom. The van der Waals surface area contributed by atoms with Crippen LogP contribution in [0, 0.1) is 0 Å². The van der Waals surface area contributed by atoms with Crippen LogP contribution < -0.4 is 21.3 Å². The number of hydrogen-bond acceptors (Lipinski definition) is 8. The fourth-order valence-electron chi connectivity index (χ4n) is 0.945. The lowest BCUT2D eigenvalue weighted by Gasteiger charge is -2.10. The Morgan fingerprint density at radius 1 is 1.38 bits per heavy atom. The number of rotatable bonds is 6. The van der Waals surface area contributed by atoms with Gasteiger partial charge in [-0.05, 0) is 6.42 Å². The van der Waals surface area contributed by atoms with Gasteiger partial charge in [0.2, 0.25) is 11.9 Å². The molecule has 8 heteroatoms. The number of aliphatic hydroxyl groups is 1. The Hall–Kier alpha value is -1.67. The van der Waals surface area contributed by atoms with E-state index in [4.69, 9.17) is 10.6 Å². The van der Waals surface area contributed by atoms with Gasteiger partial charge in [0.25, 0.3) is 0 Å². The number of methoxy groups -OCH3 is 1. The average Bonchev–Trinajstić information content (AvgIpc) is 2.35. The molecule has 0 saturated carbocycles. The van der Waals surface area contributed by atoms with Crippen molar-refractivity contribution in [1.29, 1.82) is 0 Å². The molecule has 1 heterocycles. The standard InChI is InChI=1S/C8H16N6O2/c1-3-5(15)4-10-6-11-7(14-9)13-8(12-6)16-2/h5,15H,3-4,9H2,1-2H3,(H2,10,11,12,13,14). The minimum absolute atomic E-state index is 0.149. The molecule has 0 radical (unpaired) electrons. The minimum Gasteiger partial charge on any atom is -0.467 e. The van der Waals surface area contributed by atoms with Crippen molar-refractivity contribution in [3.8, 4) is 6.01 Å². The maximum Gasteiger partial charge on any atom is 0.322 e. The Kier molecular flexibility index (Phi) is 4.67. The molecule has 0 amide bonds. The molecule has 0 aromatic carbocycles. The van der Waals surface area contributed by atoms with Crippen molar-refractivity contribution in [2.45, 2.75) is 19.4 Å². The number of aromatic nitrogens is 3. The number of nitrogens with zero attached hydrogens (tertiary/aromatic N) is 3. The molecule has 16 heavy (non-hydrogen) atoms. The Labute approximate surface area is 93.2 Å². The number of ether oxygens (including phenoxy) is 1. The first kappa shape index (κ1) is 12.4. The van der Waals surface area contributed by atoms with Crippen molar-refractivity contribution in [3.05, 3.63) is 0 Å². The number of nitrogens with two attached hydrogens (primary N) is 1. The van der Waals surface area contributed by atoms with Crippen LogP contribution in [0.15, 0.2) is 0 Å². The van der Waals surface area contributed by atoms with E-state index in [2.05, 4.69) is 25.7 Å². The van der Waals surface area contributed by atoms with Crippen LogP contribution in [0.1, 0.15) is 13.3 Å². The van der Waals surface area contributed by atoms with E-state index in [1.165, 1.54) is 7.11 Å². The SMILES string of the molecule is CCC(O)CNc1nc(NN)nc(OC)n1. The highest BCUT2D eigenvalue weighted by Crippen LogP contribution is 2.09. The fraction of sp³-hybridized carbons (Fsp3) is 0.625. The predicted octanol–water partition coefficient (Wildman–Crippen LogP) is -0.651. The van der Waals surface area contributed by atoms with Crippen molar-refractivity contribution < 1.29 is 9.84 Å². The molecule has 5 N–H and O–H groups in total. The van der Waals surface area contributed by atoms with Crippen LogP contribution in [0.2, 0.25) is 0 Å². The third kappa shape index (κ3) is 3.48. The second kappa shape index (κ2) is 6.03. The van der Waals surface area contributed by atoms with Crippen LogP contribution in [0.3, 0.4) is 0 Å². The summed E-state index contributed by atoms with van der Waals surface area (Å²) in [6.45, 7) is 2.24. The average molecular weight is 228 g/mol. The van der Waals surface area contributed by atoms with Crippen molar-refractivity contribution in [2.75, 3.05) is 24.4 Å². The van der Waals surface area contributed by atoms with Crippen molar-refractivity contribution in [2.24, 2.45) is 5.84 Å². The molecule has 0 aliphatic carbocycles. The van der Waals surface area contributed by atoms with Gasteiger partial charge >= 0.3 is 6.01 Å². The molecule has 0 spiro atoms. The molecule has 0 aliphatic heterocycles. The number of nitrogens with one attached hydrogen (secondary N) is 2. The summed E-state index contributed by atoms with van der Waals surface area (Å²) in [4.78, 5) is 11.7. The van der Waals surface area contributed by atoms with Crippen molar-refractivity contribution in [1.82, 2.24) is 15.0 Å². The summed E-state index contributed by atoms with van der Waals surface area (Å²) in [5, 5.41) is 12.2. The van der Waals surface area contributed by atoms with Crippen LogP contribution in [-0.4, -0.2) is 39.8 Å². The van der Waals surface area contributed by atoms with Gasteiger partial charge in [0.15, 0.2) is 0 Å². The topological polar surface area (TPSA) is 118 Å². The van der Waals surface area contributed by atoms with Gasteiger partial charge in [-0.15, -0.1) is 0 Å². The Bertz CT molecular complexity index is 312. The number of hydrogen-bond donors (Lipinski definition) is 4. The summed E-state index contributed by atoms with van der Waals surface area (Å²) in [5.41, 5.74) is 2.30. The third-order valence-electron chi connectivity index (χ3n) is 1.89. The summed E-state index contributed by atoms with van der Waals surface area (Å²) in [7, 11) is 1.44. The maximum absolute atomic E-state index is 9.37. The quantitative estimate of drug-likeness (QED) is 0.374. The monoisotopic (exact) mass is 228 g/mol. The zero-order valence-electron chi connectivity index (χ0n) is 9.27. The van der Waals surface area contributed by atoms with Crippen LogP contribution in [0.5, 0.6) is 6.01 Å². The van der Waals surface area contributed by atoms with Crippen LogP contribution in [0.25, 0.3) is 0 Å². The molecule has 0 fully saturated rings. The number of aliphatic hydroxyl groups excluding tert-OH is 1. The predicted molar refractivity (Wildman–Crippen MR) is 59.0 cm³/mol. The van der Waals surface area contributed by atoms with Gasteiger partial charge in [-0.1, -0.05) is 6.92 Å². The molecular weight excluding hydrogens is 212 g/mol. The zero-order valence-corrected chi connectivity index (χ0v) is 9.27. The van der Waals surface area contributed by atoms with E-state index in [0.717, 1.165) is 0 Å². The van der Waals surface area contributed by atoms with Crippen LogP contribution >= 0.6 is 0 Å². The minimum atomic E-state index is -0.447. The summed E-state index contributed by atoms with van der Waals surface area (Å²) in [6, 6.07) is 0.149. The first-order chi connectivity index (χ1) is 7.69. The van der Waals surface area contributed by atoms with Crippen LogP contribution in [0.4, 0.5) is 11.9 Å². The highest BCUT2D eigenvalue weighted by Gasteiger charge is 2.07. The van der Waals surface area contributed by atoms with Gasteiger partial charge in [0.1, 0.15) is 0 Å². The first-order valence-electron chi connectivity index (χ1n) is 4.88.